The summed E-state index contributed by atoms with van der Waals surface area (Å²) in [5, 5.41) is 9.34. The van der Waals surface area contributed by atoms with Crippen molar-refractivity contribution in [2.24, 2.45) is 0 Å². The lowest BCUT2D eigenvalue weighted by Gasteiger charge is -2.29. The van der Waals surface area contributed by atoms with E-state index in [-0.39, 0.29) is 0 Å². The predicted octanol–water partition coefficient (Wildman–Crippen LogP) is 17.5. The molecule has 65 heavy (non-hydrogen) atoms. The molecule has 0 radical (unpaired) electrons. The van der Waals surface area contributed by atoms with Gasteiger partial charge in [0.15, 0.2) is 0 Å². The van der Waals surface area contributed by atoms with Crippen LogP contribution in [-0.4, -0.2) is 4.57 Å². The third-order valence-corrected chi connectivity index (χ3v) is 13.2. The second-order valence-electron chi connectivity index (χ2n) is 16.8. The van der Waals surface area contributed by atoms with Crippen LogP contribution in [0.15, 0.2) is 247 Å². The lowest BCUT2D eigenvalue weighted by molar-refractivity contribution is 0.669. The van der Waals surface area contributed by atoms with Gasteiger partial charge in [0.1, 0.15) is 11.2 Å². The van der Waals surface area contributed by atoms with E-state index in [0.29, 0.717) is 0 Å². The van der Waals surface area contributed by atoms with Gasteiger partial charge >= 0.3 is 0 Å². The summed E-state index contributed by atoms with van der Waals surface area (Å²) in [6, 6.07) is 87.9. The van der Waals surface area contributed by atoms with Crippen molar-refractivity contribution < 1.29 is 4.42 Å². The van der Waals surface area contributed by atoms with Crippen LogP contribution in [0.5, 0.6) is 0 Å². The van der Waals surface area contributed by atoms with Gasteiger partial charge in [0.25, 0.3) is 0 Å². The van der Waals surface area contributed by atoms with Crippen LogP contribution < -0.4 is 4.90 Å². The molecule has 11 aromatic carbocycles. The van der Waals surface area contributed by atoms with Crippen LogP contribution in [-0.2, 0) is 0 Å². The number of nitrogens with zero attached hydrogens (tertiary/aromatic N) is 2. The van der Waals surface area contributed by atoms with Gasteiger partial charge in [-0.15, -0.1) is 0 Å². The first-order chi connectivity index (χ1) is 32.2. The lowest BCUT2D eigenvalue weighted by atomic mass is 9.97. The first-order valence-electron chi connectivity index (χ1n) is 22.2. The molecule has 2 heterocycles. The summed E-state index contributed by atoms with van der Waals surface area (Å²) in [5.74, 6) is 0. The average Bonchev–Trinajstić information content (AvgIpc) is 3.91. The zero-order valence-corrected chi connectivity index (χ0v) is 35.4. The predicted molar refractivity (Wildman–Crippen MR) is 274 cm³/mol. The van der Waals surface area contributed by atoms with Crippen molar-refractivity contribution in [1.29, 1.82) is 0 Å². The summed E-state index contributed by atoms with van der Waals surface area (Å²) in [4.78, 5) is 2.47. The van der Waals surface area contributed by atoms with Gasteiger partial charge < -0.3 is 13.9 Å². The molecule has 3 heteroatoms. The van der Waals surface area contributed by atoms with Crippen molar-refractivity contribution in [3.8, 4) is 39.1 Å². The molecular formula is C62H40N2O. The van der Waals surface area contributed by atoms with E-state index in [2.05, 4.69) is 240 Å². The number of hydrogen-bond acceptors (Lipinski definition) is 2. The van der Waals surface area contributed by atoms with Gasteiger partial charge in [-0.1, -0.05) is 182 Å². The molecule has 0 amide bonds. The second-order valence-corrected chi connectivity index (χ2v) is 16.8. The van der Waals surface area contributed by atoms with E-state index in [1.807, 2.05) is 12.1 Å². The number of benzene rings is 11. The fraction of sp³-hybridized carbons (Fsp3) is 0. The monoisotopic (exact) mass is 828 g/mol. The van der Waals surface area contributed by atoms with E-state index in [9.17, 15) is 0 Å². The number of fused-ring (bicyclic) bond motifs is 8. The molecule has 0 unspecified atom stereocenters. The van der Waals surface area contributed by atoms with Gasteiger partial charge in [0.2, 0.25) is 0 Å². The molecule has 0 aliphatic rings. The van der Waals surface area contributed by atoms with Crippen molar-refractivity contribution in [3.05, 3.63) is 243 Å². The summed E-state index contributed by atoms with van der Waals surface area (Å²) < 4.78 is 8.91. The molecule has 2 aromatic heterocycles. The fourth-order valence-electron chi connectivity index (χ4n) is 10.2. The van der Waals surface area contributed by atoms with Crippen molar-refractivity contribution in [2.75, 3.05) is 4.90 Å². The molecule has 0 atom stereocenters. The Balaban J connectivity index is 1.06. The van der Waals surface area contributed by atoms with Gasteiger partial charge in [0, 0.05) is 38.2 Å². The smallest absolute Gasteiger partial charge is 0.136 e. The summed E-state index contributed by atoms with van der Waals surface area (Å²) in [6.45, 7) is 0. The minimum atomic E-state index is 0.886. The van der Waals surface area contributed by atoms with Gasteiger partial charge in [-0.25, -0.2) is 0 Å². The van der Waals surface area contributed by atoms with Crippen LogP contribution >= 0.6 is 0 Å². The second kappa shape index (κ2) is 15.0. The lowest BCUT2D eigenvalue weighted by Crippen LogP contribution is -2.11. The normalized spacial score (nSPS) is 11.7. The number of furan rings is 1. The highest BCUT2D eigenvalue weighted by Crippen LogP contribution is 2.48. The highest BCUT2D eigenvalue weighted by Gasteiger charge is 2.24. The van der Waals surface area contributed by atoms with E-state index >= 15 is 0 Å². The average molecular weight is 829 g/mol. The Labute approximate surface area is 376 Å². The molecule has 0 spiro atoms. The highest BCUT2D eigenvalue weighted by molar-refractivity contribution is 6.18. The molecule has 0 bridgehead atoms. The van der Waals surface area contributed by atoms with Crippen LogP contribution in [0, 0.1) is 0 Å². The third kappa shape index (κ3) is 6.05. The van der Waals surface area contributed by atoms with Crippen LogP contribution in [0.3, 0.4) is 0 Å². The first kappa shape index (κ1) is 36.9. The highest BCUT2D eigenvalue weighted by atomic mass is 16.3. The Hall–Kier alpha value is -8.66. The van der Waals surface area contributed by atoms with Crippen molar-refractivity contribution in [1.82, 2.24) is 4.57 Å². The molecule has 304 valence electrons. The number of hydrogen-bond donors (Lipinski definition) is 0. The van der Waals surface area contributed by atoms with E-state index in [0.717, 1.165) is 77.6 Å². The molecule has 13 aromatic rings. The molecule has 13 rings (SSSR count). The first-order valence-corrected chi connectivity index (χ1v) is 22.2. The summed E-state index contributed by atoms with van der Waals surface area (Å²) in [7, 11) is 0. The largest absolute Gasteiger partial charge is 0.456 e. The van der Waals surface area contributed by atoms with Crippen LogP contribution in [0.25, 0.3) is 104 Å². The number of para-hydroxylation sites is 3. The van der Waals surface area contributed by atoms with Gasteiger partial charge in [-0.05, 0) is 105 Å². The molecule has 0 aliphatic carbocycles. The molecule has 0 saturated heterocycles. The zero-order chi connectivity index (χ0) is 42.8. The number of aromatic nitrogens is 1. The van der Waals surface area contributed by atoms with Gasteiger partial charge in [-0.3, -0.25) is 0 Å². The van der Waals surface area contributed by atoms with Crippen LogP contribution in [0.4, 0.5) is 17.1 Å². The number of rotatable bonds is 7. The molecule has 3 nitrogen and oxygen atoms in total. The van der Waals surface area contributed by atoms with E-state index in [4.69, 9.17) is 4.42 Å². The topological polar surface area (TPSA) is 21.3 Å². The quantitative estimate of drug-likeness (QED) is 0.160. The van der Waals surface area contributed by atoms with Crippen molar-refractivity contribution in [2.45, 2.75) is 0 Å². The molecule has 0 N–H and O–H groups in total. The van der Waals surface area contributed by atoms with Crippen LogP contribution in [0.2, 0.25) is 0 Å². The van der Waals surface area contributed by atoms with E-state index < -0.39 is 0 Å². The maximum atomic E-state index is 6.45. The minimum Gasteiger partial charge on any atom is -0.456 e. The van der Waals surface area contributed by atoms with Gasteiger partial charge in [-0.2, -0.15) is 0 Å². The molecule has 0 fully saturated rings. The molecule has 0 aliphatic heterocycles. The third-order valence-electron chi connectivity index (χ3n) is 13.2. The summed E-state index contributed by atoms with van der Waals surface area (Å²) >= 11 is 0. The SMILES string of the molecule is c1ccc(-c2ccc(-c3ccccc3N(c3ccc4cc5c(cc4c3)oc3ccccc35)c3cccc4c3c3ccccc3n4-c3ccc(-c4ccccc4)c4ccccc34)cc2)cc1. The van der Waals surface area contributed by atoms with Gasteiger partial charge in [0.05, 0.1) is 28.1 Å². The Morgan fingerprint density at radius 3 is 1.77 bits per heavy atom. The van der Waals surface area contributed by atoms with Crippen LogP contribution in [0.1, 0.15) is 0 Å². The molecular weight excluding hydrogens is 789 g/mol. The van der Waals surface area contributed by atoms with E-state index in [1.54, 1.807) is 0 Å². The van der Waals surface area contributed by atoms with E-state index in [1.165, 1.54) is 43.8 Å². The number of anilines is 3. The maximum absolute atomic E-state index is 6.45. The maximum Gasteiger partial charge on any atom is 0.136 e. The Morgan fingerprint density at radius 2 is 0.938 bits per heavy atom. The Bertz CT molecular complexity index is 3940. The Kier molecular flexibility index (Phi) is 8.53. The molecule has 0 saturated carbocycles. The zero-order valence-electron chi connectivity index (χ0n) is 35.4. The Morgan fingerprint density at radius 1 is 0.323 bits per heavy atom. The fourth-order valence-corrected chi connectivity index (χ4v) is 10.2. The summed E-state index contributed by atoms with van der Waals surface area (Å²) in [6.07, 6.45) is 0. The standard InChI is InChI=1S/C62H40N2O/c1-3-16-41(17-4-1)42-30-32-44(33-31-42)49-20-9-12-25-55(49)63(47-35-34-45-39-54-52-23-11-14-29-60(52)65-61(54)40-46(45)38-47)58-27-15-28-59-62(58)53-24-10-13-26-56(53)64(59)57-37-36-48(43-18-5-2-6-19-43)50-21-7-8-22-51(50)57/h1-40H. The van der Waals surface area contributed by atoms with Crippen molar-refractivity contribution in [3.63, 3.8) is 0 Å². The minimum absolute atomic E-state index is 0.886. The summed E-state index contributed by atoms with van der Waals surface area (Å²) in [5.41, 5.74) is 15.6. The van der Waals surface area contributed by atoms with Crippen molar-refractivity contribution >= 4 is 82.4 Å².